The highest BCUT2D eigenvalue weighted by Crippen LogP contribution is 2.31. The SMILES string of the molecule is C=C(C)C(=O)OCCc1cc(CO)ccc1-c1ccc(-c2ccc(C)cc2)cc1F. The molecule has 0 radical (unpaired) electrons. The lowest BCUT2D eigenvalue weighted by molar-refractivity contribution is -0.138. The molecule has 0 heterocycles. The molecule has 0 bridgehead atoms. The van der Waals surface area contributed by atoms with E-state index in [-0.39, 0.29) is 19.0 Å². The number of rotatable bonds is 7. The molecular formula is C26H25FO3. The maximum Gasteiger partial charge on any atom is 0.333 e. The summed E-state index contributed by atoms with van der Waals surface area (Å²) in [5, 5.41) is 9.48. The highest BCUT2D eigenvalue weighted by atomic mass is 19.1. The van der Waals surface area contributed by atoms with E-state index in [1.165, 1.54) is 6.07 Å². The molecule has 30 heavy (non-hydrogen) atoms. The Morgan fingerprint density at radius 2 is 1.67 bits per heavy atom. The van der Waals surface area contributed by atoms with E-state index in [1.807, 2.05) is 43.3 Å². The third-order valence-corrected chi connectivity index (χ3v) is 4.95. The third-order valence-electron chi connectivity index (χ3n) is 4.95. The summed E-state index contributed by atoms with van der Waals surface area (Å²) in [6.07, 6.45) is 0.404. The van der Waals surface area contributed by atoms with Crippen LogP contribution in [0.2, 0.25) is 0 Å². The van der Waals surface area contributed by atoms with Gasteiger partial charge in [-0.1, -0.05) is 66.7 Å². The van der Waals surface area contributed by atoms with E-state index in [4.69, 9.17) is 4.74 Å². The summed E-state index contributed by atoms with van der Waals surface area (Å²) in [4.78, 5) is 11.6. The molecule has 0 aliphatic heterocycles. The number of carbonyl (C=O) groups is 1. The summed E-state index contributed by atoms with van der Waals surface area (Å²) >= 11 is 0. The van der Waals surface area contributed by atoms with E-state index in [1.54, 1.807) is 25.1 Å². The zero-order valence-corrected chi connectivity index (χ0v) is 17.2. The quantitative estimate of drug-likeness (QED) is 0.410. The molecular weight excluding hydrogens is 379 g/mol. The Balaban J connectivity index is 1.91. The number of ether oxygens (including phenoxy) is 1. The first-order valence-electron chi connectivity index (χ1n) is 9.81. The Morgan fingerprint density at radius 1 is 1.00 bits per heavy atom. The van der Waals surface area contributed by atoms with Crippen molar-refractivity contribution in [3.8, 4) is 22.3 Å². The van der Waals surface area contributed by atoms with Gasteiger partial charge in [0.1, 0.15) is 5.82 Å². The van der Waals surface area contributed by atoms with Crippen molar-refractivity contribution >= 4 is 5.97 Å². The topological polar surface area (TPSA) is 46.5 Å². The number of aliphatic hydroxyl groups excluding tert-OH is 1. The highest BCUT2D eigenvalue weighted by molar-refractivity contribution is 5.86. The van der Waals surface area contributed by atoms with Crippen LogP contribution in [-0.2, 0) is 22.6 Å². The number of aryl methyl sites for hydroxylation is 1. The molecule has 0 saturated carbocycles. The van der Waals surface area contributed by atoms with Crippen LogP contribution in [0.1, 0.15) is 23.6 Å². The van der Waals surface area contributed by atoms with Crippen LogP contribution in [0.3, 0.4) is 0 Å². The molecule has 154 valence electrons. The van der Waals surface area contributed by atoms with Crippen LogP contribution >= 0.6 is 0 Å². The number of esters is 1. The van der Waals surface area contributed by atoms with Crippen molar-refractivity contribution in [3.05, 3.63) is 95.3 Å². The molecule has 3 nitrogen and oxygen atoms in total. The summed E-state index contributed by atoms with van der Waals surface area (Å²) in [6.45, 7) is 7.20. The number of hydrogen-bond acceptors (Lipinski definition) is 3. The van der Waals surface area contributed by atoms with Gasteiger partial charge >= 0.3 is 5.97 Å². The van der Waals surface area contributed by atoms with Crippen LogP contribution in [-0.4, -0.2) is 17.7 Å². The minimum Gasteiger partial charge on any atom is -0.462 e. The van der Waals surface area contributed by atoms with E-state index in [0.29, 0.717) is 23.1 Å². The van der Waals surface area contributed by atoms with E-state index in [0.717, 1.165) is 27.8 Å². The van der Waals surface area contributed by atoms with Crippen molar-refractivity contribution in [3.63, 3.8) is 0 Å². The van der Waals surface area contributed by atoms with Gasteiger partial charge < -0.3 is 9.84 Å². The first-order valence-corrected chi connectivity index (χ1v) is 9.81. The number of carbonyl (C=O) groups excluding carboxylic acids is 1. The van der Waals surface area contributed by atoms with Gasteiger partial charge in [0.15, 0.2) is 0 Å². The molecule has 0 amide bonds. The Bertz CT molecular complexity index is 1070. The van der Waals surface area contributed by atoms with Crippen molar-refractivity contribution < 1.29 is 19.0 Å². The number of aliphatic hydroxyl groups is 1. The van der Waals surface area contributed by atoms with Gasteiger partial charge in [-0.05, 0) is 47.7 Å². The van der Waals surface area contributed by atoms with E-state index < -0.39 is 5.97 Å². The zero-order chi connectivity index (χ0) is 21.7. The maximum absolute atomic E-state index is 15.1. The van der Waals surface area contributed by atoms with Crippen molar-refractivity contribution in [2.24, 2.45) is 0 Å². The molecule has 0 saturated heterocycles. The van der Waals surface area contributed by atoms with Gasteiger partial charge in [-0.15, -0.1) is 0 Å². The Labute approximate surface area is 176 Å². The van der Waals surface area contributed by atoms with Crippen LogP contribution in [0.5, 0.6) is 0 Å². The van der Waals surface area contributed by atoms with E-state index in [9.17, 15) is 9.90 Å². The lowest BCUT2D eigenvalue weighted by Gasteiger charge is -2.14. The van der Waals surface area contributed by atoms with Crippen molar-refractivity contribution in [1.82, 2.24) is 0 Å². The zero-order valence-electron chi connectivity index (χ0n) is 17.2. The Hall–Kier alpha value is -3.24. The number of hydrogen-bond donors (Lipinski definition) is 1. The highest BCUT2D eigenvalue weighted by Gasteiger charge is 2.13. The molecule has 4 heteroatoms. The molecule has 0 unspecified atom stereocenters. The lowest BCUT2D eigenvalue weighted by atomic mass is 9.93. The van der Waals surface area contributed by atoms with Gasteiger partial charge in [0.25, 0.3) is 0 Å². The minimum absolute atomic E-state index is 0.117. The summed E-state index contributed by atoms with van der Waals surface area (Å²) < 4.78 is 20.3. The second-order valence-electron chi connectivity index (χ2n) is 7.38. The Morgan fingerprint density at radius 3 is 2.30 bits per heavy atom. The van der Waals surface area contributed by atoms with Gasteiger partial charge in [-0.2, -0.15) is 0 Å². The van der Waals surface area contributed by atoms with E-state index >= 15 is 4.39 Å². The third kappa shape index (κ3) is 5.02. The molecule has 1 N–H and O–H groups in total. The minimum atomic E-state index is -0.455. The summed E-state index contributed by atoms with van der Waals surface area (Å²) in [5.41, 5.74) is 5.94. The fraction of sp³-hybridized carbons (Fsp3) is 0.192. The molecule has 3 rings (SSSR count). The van der Waals surface area contributed by atoms with Gasteiger partial charge in [0.05, 0.1) is 13.2 Å². The van der Waals surface area contributed by atoms with Crippen LogP contribution in [0, 0.1) is 12.7 Å². The molecule has 0 atom stereocenters. The largest absolute Gasteiger partial charge is 0.462 e. The van der Waals surface area contributed by atoms with Gasteiger partial charge in [0.2, 0.25) is 0 Å². The average Bonchev–Trinajstić information content (AvgIpc) is 2.74. The first kappa shape index (κ1) is 21.5. The normalized spacial score (nSPS) is 10.7. The van der Waals surface area contributed by atoms with Crippen LogP contribution < -0.4 is 0 Å². The molecule has 0 aliphatic carbocycles. The van der Waals surface area contributed by atoms with Gasteiger partial charge in [-0.25, -0.2) is 9.18 Å². The molecule has 0 spiro atoms. The Kier molecular flexibility index (Phi) is 6.80. The van der Waals surface area contributed by atoms with Crippen LogP contribution in [0.25, 0.3) is 22.3 Å². The van der Waals surface area contributed by atoms with Gasteiger partial charge in [0, 0.05) is 17.6 Å². The second-order valence-corrected chi connectivity index (χ2v) is 7.38. The van der Waals surface area contributed by atoms with Crippen molar-refractivity contribution in [2.45, 2.75) is 26.9 Å². The lowest BCUT2D eigenvalue weighted by Crippen LogP contribution is -2.09. The summed E-state index contributed by atoms with van der Waals surface area (Å²) in [6, 6.07) is 18.5. The van der Waals surface area contributed by atoms with E-state index in [2.05, 4.69) is 6.58 Å². The van der Waals surface area contributed by atoms with Gasteiger partial charge in [-0.3, -0.25) is 0 Å². The fourth-order valence-corrected chi connectivity index (χ4v) is 3.25. The number of benzene rings is 3. The molecule has 0 fully saturated rings. The maximum atomic E-state index is 15.1. The second kappa shape index (κ2) is 9.51. The van der Waals surface area contributed by atoms with Crippen molar-refractivity contribution in [1.29, 1.82) is 0 Å². The molecule has 3 aromatic rings. The fourth-order valence-electron chi connectivity index (χ4n) is 3.25. The summed E-state index contributed by atoms with van der Waals surface area (Å²) in [7, 11) is 0. The molecule has 3 aromatic carbocycles. The molecule has 0 aliphatic rings. The summed E-state index contributed by atoms with van der Waals surface area (Å²) in [5.74, 6) is -0.784. The molecule has 0 aromatic heterocycles. The smallest absolute Gasteiger partial charge is 0.333 e. The monoisotopic (exact) mass is 404 g/mol. The van der Waals surface area contributed by atoms with Crippen molar-refractivity contribution in [2.75, 3.05) is 6.61 Å². The van der Waals surface area contributed by atoms with Crippen LogP contribution in [0.15, 0.2) is 72.8 Å². The first-order chi connectivity index (χ1) is 14.4. The number of halogens is 1. The van der Waals surface area contributed by atoms with Crippen LogP contribution in [0.4, 0.5) is 4.39 Å². The predicted molar refractivity (Wildman–Crippen MR) is 117 cm³/mol. The predicted octanol–water partition coefficient (Wildman–Crippen LogP) is 5.62. The average molecular weight is 404 g/mol. The standard InChI is InChI=1S/C26H25FO3/c1-17(2)26(29)30-13-12-22-14-19(16-28)6-10-23(22)24-11-9-21(15-25(24)27)20-7-4-18(3)5-8-20/h4-11,14-15,28H,1,12-13,16H2,2-3H3.